The van der Waals surface area contributed by atoms with Crippen molar-refractivity contribution in [2.45, 2.75) is 69.9 Å². The van der Waals surface area contributed by atoms with Gasteiger partial charge in [-0.1, -0.05) is 20.8 Å². The number of rotatable bonds is 3. The molecule has 0 saturated carbocycles. The fourth-order valence-corrected chi connectivity index (χ4v) is 2.59. The summed E-state index contributed by atoms with van der Waals surface area (Å²) in [6, 6.07) is 0. The largest absolute Gasteiger partial charge is 0.414 e. The van der Waals surface area contributed by atoms with Gasteiger partial charge in [0.05, 0.1) is 12.7 Å². The molecule has 108 valence electrons. The lowest BCUT2D eigenvalue weighted by Crippen LogP contribution is -2.52. The Morgan fingerprint density at radius 2 is 1.78 bits per heavy atom. The second-order valence-corrected chi connectivity index (χ2v) is 11.3. The summed E-state index contributed by atoms with van der Waals surface area (Å²) < 4.78 is 11.2. The van der Waals surface area contributed by atoms with E-state index >= 15 is 0 Å². The molecule has 1 saturated heterocycles. The van der Waals surface area contributed by atoms with Crippen molar-refractivity contribution in [2.24, 2.45) is 0 Å². The lowest BCUT2D eigenvalue weighted by atomic mass is 10.0. The third-order valence-corrected chi connectivity index (χ3v) is 8.47. The van der Waals surface area contributed by atoms with Gasteiger partial charge in [0.2, 0.25) is 0 Å². The minimum absolute atomic E-state index is 0.0394. The highest BCUT2D eigenvalue weighted by atomic mass is 28.4. The molecule has 0 radical (unpaired) electrons. The molecule has 0 aromatic heterocycles. The topological polar surface area (TPSA) is 79.2 Å². The molecule has 5 nitrogen and oxygen atoms in total. The summed E-state index contributed by atoms with van der Waals surface area (Å²) in [5.74, 6) is 0. The quantitative estimate of drug-likeness (QED) is 0.667. The van der Waals surface area contributed by atoms with E-state index < -0.39 is 32.9 Å². The number of hydrogen-bond acceptors (Lipinski definition) is 5. The van der Waals surface area contributed by atoms with Crippen molar-refractivity contribution in [1.29, 1.82) is 0 Å². The van der Waals surface area contributed by atoms with Crippen LogP contribution in [0.2, 0.25) is 18.1 Å². The van der Waals surface area contributed by atoms with Crippen molar-refractivity contribution in [1.82, 2.24) is 0 Å². The molecule has 1 heterocycles. The summed E-state index contributed by atoms with van der Waals surface area (Å²) in [5.41, 5.74) is 0. The Morgan fingerprint density at radius 1 is 1.22 bits per heavy atom. The van der Waals surface area contributed by atoms with Crippen LogP contribution in [0.4, 0.5) is 0 Å². The van der Waals surface area contributed by atoms with Crippen LogP contribution in [0.3, 0.4) is 0 Å². The second-order valence-electron chi connectivity index (χ2n) is 6.49. The molecule has 4 atom stereocenters. The van der Waals surface area contributed by atoms with Crippen LogP contribution in [-0.2, 0) is 9.16 Å². The molecule has 6 heteroatoms. The van der Waals surface area contributed by atoms with E-state index in [1.54, 1.807) is 0 Å². The molecular weight excluding hydrogens is 252 g/mol. The first kappa shape index (κ1) is 16.1. The van der Waals surface area contributed by atoms with E-state index in [0.29, 0.717) is 0 Å². The van der Waals surface area contributed by atoms with Gasteiger partial charge in [0, 0.05) is 6.42 Å². The Balaban J connectivity index is 2.57. The number of aliphatic hydroxyl groups excluding tert-OH is 3. The molecule has 0 amide bonds. The van der Waals surface area contributed by atoms with Crippen LogP contribution in [0.15, 0.2) is 0 Å². The predicted molar refractivity (Wildman–Crippen MR) is 70.7 cm³/mol. The summed E-state index contributed by atoms with van der Waals surface area (Å²) in [5, 5.41) is 28.9. The average Bonchev–Trinajstić information content (AvgIpc) is 2.19. The van der Waals surface area contributed by atoms with Gasteiger partial charge in [0.1, 0.15) is 12.2 Å². The molecule has 1 aliphatic rings. The maximum Gasteiger partial charge on any atom is 0.192 e. The number of hydrogen-bond donors (Lipinski definition) is 3. The van der Waals surface area contributed by atoms with E-state index in [4.69, 9.17) is 9.16 Å². The molecule has 3 N–H and O–H groups in total. The van der Waals surface area contributed by atoms with E-state index in [1.165, 1.54) is 0 Å². The van der Waals surface area contributed by atoms with Gasteiger partial charge < -0.3 is 24.5 Å². The van der Waals surface area contributed by atoms with E-state index in [1.807, 2.05) is 0 Å². The van der Waals surface area contributed by atoms with Gasteiger partial charge in [-0.15, -0.1) is 0 Å². The van der Waals surface area contributed by atoms with Gasteiger partial charge >= 0.3 is 0 Å². The maximum absolute atomic E-state index is 9.80. The normalized spacial score (nSPS) is 34.7. The van der Waals surface area contributed by atoms with Crippen LogP contribution in [0, 0.1) is 0 Å². The average molecular weight is 278 g/mol. The smallest absolute Gasteiger partial charge is 0.192 e. The Bertz CT molecular complexity index is 276. The van der Waals surface area contributed by atoms with Crippen LogP contribution in [0.1, 0.15) is 27.2 Å². The van der Waals surface area contributed by atoms with Gasteiger partial charge in [0.15, 0.2) is 14.6 Å². The lowest BCUT2D eigenvalue weighted by Gasteiger charge is -2.40. The zero-order chi connectivity index (χ0) is 14.1. The van der Waals surface area contributed by atoms with Gasteiger partial charge in [-0.05, 0) is 18.1 Å². The van der Waals surface area contributed by atoms with E-state index in [0.717, 1.165) is 0 Å². The monoisotopic (exact) mass is 278 g/mol. The Kier molecular flexibility index (Phi) is 4.97. The first-order valence-corrected chi connectivity index (χ1v) is 9.29. The fourth-order valence-electron chi connectivity index (χ4n) is 1.58. The van der Waals surface area contributed by atoms with Crippen molar-refractivity contribution < 1.29 is 24.5 Å². The molecule has 18 heavy (non-hydrogen) atoms. The van der Waals surface area contributed by atoms with Crippen LogP contribution >= 0.6 is 0 Å². The van der Waals surface area contributed by atoms with Gasteiger partial charge in [-0.3, -0.25) is 0 Å². The van der Waals surface area contributed by atoms with Crippen molar-refractivity contribution in [2.75, 3.05) is 6.61 Å². The molecule has 0 unspecified atom stereocenters. The number of ether oxygens (including phenoxy) is 1. The molecule has 0 bridgehead atoms. The third kappa shape index (κ3) is 3.75. The van der Waals surface area contributed by atoms with Gasteiger partial charge in [0.25, 0.3) is 0 Å². The molecule has 0 aliphatic carbocycles. The highest BCUT2D eigenvalue weighted by molar-refractivity contribution is 6.74. The van der Waals surface area contributed by atoms with Gasteiger partial charge in [-0.2, -0.15) is 0 Å². The predicted octanol–water partition coefficient (Wildman–Crippen LogP) is 0.837. The fraction of sp³-hybridized carbons (Fsp3) is 1.00. The molecular formula is C12H26O5Si. The first-order valence-electron chi connectivity index (χ1n) is 6.38. The van der Waals surface area contributed by atoms with Crippen LogP contribution in [0.5, 0.6) is 0 Å². The summed E-state index contributed by atoms with van der Waals surface area (Å²) in [4.78, 5) is 0. The molecule has 1 aliphatic heterocycles. The van der Waals surface area contributed by atoms with E-state index in [-0.39, 0.29) is 18.1 Å². The van der Waals surface area contributed by atoms with E-state index in [9.17, 15) is 15.3 Å². The number of aliphatic hydroxyl groups is 3. The highest BCUT2D eigenvalue weighted by Crippen LogP contribution is 2.37. The van der Waals surface area contributed by atoms with Crippen LogP contribution in [-0.4, -0.2) is 54.8 Å². The highest BCUT2D eigenvalue weighted by Gasteiger charge is 2.41. The minimum Gasteiger partial charge on any atom is -0.414 e. The molecule has 0 aromatic rings. The summed E-state index contributed by atoms with van der Waals surface area (Å²) in [6.07, 6.45) is -3.62. The van der Waals surface area contributed by atoms with Crippen LogP contribution in [0.25, 0.3) is 0 Å². The molecule has 0 spiro atoms. The van der Waals surface area contributed by atoms with E-state index in [2.05, 4.69) is 33.9 Å². The zero-order valence-electron chi connectivity index (χ0n) is 11.9. The van der Waals surface area contributed by atoms with Crippen molar-refractivity contribution in [3.05, 3.63) is 0 Å². The SMILES string of the molecule is CC(C)(C)[Si](C)(C)OC[C@H]1O[C@@H](O)C[C@@H](O)[C@@H]1O. The summed E-state index contributed by atoms with van der Waals surface area (Å²) in [7, 11) is -1.92. The summed E-state index contributed by atoms with van der Waals surface area (Å²) >= 11 is 0. The Morgan fingerprint density at radius 3 is 2.28 bits per heavy atom. The first-order chi connectivity index (χ1) is 8.04. The van der Waals surface area contributed by atoms with Crippen molar-refractivity contribution in [3.8, 4) is 0 Å². The Labute approximate surface area is 110 Å². The lowest BCUT2D eigenvalue weighted by molar-refractivity contribution is -0.238. The minimum atomic E-state index is -1.92. The molecule has 0 aromatic carbocycles. The van der Waals surface area contributed by atoms with Crippen molar-refractivity contribution in [3.63, 3.8) is 0 Å². The summed E-state index contributed by atoms with van der Waals surface area (Å²) in [6.45, 7) is 10.8. The molecule has 1 fully saturated rings. The Hall–Kier alpha value is 0.0169. The zero-order valence-corrected chi connectivity index (χ0v) is 12.9. The molecule has 1 rings (SSSR count). The second kappa shape index (κ2) is 5.56. The standard InChI is InChI=1S/C12H26O5Si/c1-12(2,3)18(4,5)16-7-9-11(15)8(13)6-10(14)17-9/h8-11,13-15H,6-7H2,1-5H3/t8-,9-,10-,11+/m1/s1. The van der Waals surface area contributed by atoms with Crippen LogP contribution < -0.4 is 0 Å². The maximum atomic E-state index is 9.80. The van der Waals surface area contributed by atoms with Gasteiger partial charge in [-0.25, -0.2) is 0 Å². The third-order valence-electron chi connectivity index (χ3n) is 3.96. The van der Waals surface area contributed by atoms with Crippen molar-refractivity contribution >= 4 is 8.32 Å².